The van der Waals surface area contributed by atoms with Gasteiger partial charge in [-0.15, -0.1) is 0 Å². The number of benzene rings is 3. The van der Waals surface area contributed by atoms with Crippen LogP contribution in [0.2, 0.25) is 0 Å². The summed E-state index contributed by atoms with van der Waals surface area (Å²) in [6, 6.07) is 30.4. The quantitative estimate of drug-likeness (QED) is 0.153. The lowest BCUT2D eigenvalue weighted by Gasteiger charge is -2.44. The van der Waals surface area contributed by atoms with E-state index in [1.54, 1.807) is 6.92 Å². The second kappa shape index (κ2) is 11.1. The molecular formula is C30H30N2O5S. The molecule has 1 aromatic heterocycles. The van der Waals surface area contributed by atoms with Gasteiger partial charge < -0.3 is 4.74 Å². The van der Waals surface area contributed by atoms with Gasteiger partial charge in [0.25, 0.3) is 5.56 Å². The summed E-state index contributed by atoms with van der Waals surface area (Å²) < 4.78 is 8.00. The first-order valence-electron chi connectivity index (χ1n) is 12.5. The van der Waals surface area contributed by atoms with E-state index in [0.717, 1.165) is 16.7 Å². The molecule has 0 saturated carbocycles. The first-order valence-corrected chi connectivity index (χ1v) is 13.0. The second-order valence-corrected chi connectivity index (χ2v) is 10.1. The molecule has 1 N–H and O–H groups in total. The number of nitrogens with one attached hydrogen (secondary N) is 1. The van der Waals surface area contributed by atoms with E-state index in [9.17, 15) is 9.59 Å². The van der Waals surface area contributed by atoms with Crippen molar-refractivity contribution in [2.75, 3.05) is 7.11 Å². The monoisotopic (exact) mass is 530 g/mol. The van der Waals surface area contributed by atoms with E-state index in [2.05, 4.69) is 41.4 Å². The molecule has 0 aliphatic carbocycles. The number of H-pyrrole nitrogens is 1. The molecule has 1 fully saturated rings. The Morgan fingerprint density at radius 1 is 0.921 bits per heavy atom. The number of thiol groups is 1. The van der Waals surface area contributed by atoms with E-state index in [1.807, 2.05) is 54.6 Å². The van der Waals surface area contributed by atoms with Crippen LogP contribution in [0.3, 0.4) is 0 Å². The maximum absolute atomic E-state index is 12.7. The van der Waals surface area contributed by atoms with Crippen LogP contribution in [0.1, 0.15) is 34.9 Å². The Hall–Kier alpha value is -3.43. The van der Waals surface area contributed by atoms with Crippen LogP contribution in [0, 0.1) is 6.92 Å². The molecule has 196 valence electrons. The summed E-state index contributed by atoms with van der Waals surface area (Å²) in [6.45, 7) is 1.65. The van der Waals surface area contributed by atoms with Crippen LogP contribution < -0.4 is 11.2 Å². The number of aryl methyl sites for hydroxylation is 1. The van der Waals surface area contributed by atoms with E-state index >= 15 is 0 Å². The molecule has 38 heavy (non-hydrogen) atoms. The highest BCUT2D eigenvalue weighted by Crippen LogP contribution is 2.48. The lowest BCUT2D eigenvalue weighted by Crippen LogP contribution is -2.52. The molecule has 0 spiro atoms. The summed E-state index contributed by atoms with van der Waals surface area (Å²) in [7, 11) is 1.48. The average Bonchev–Trinajstić information content (AvgIpc) is 3.33. The van der Waals surface area contributed by atoms with Crippen molar-refractivity contribution in [1.29, 1.82) is 0 Å². The molecule has 4 aromatic rings. The predicted octanol–water partition coefficient (Wildman–Crippen LogP) is 4.41. The van der Waals surface area contributed by atoms with Gasteiger partial charge in [-0.25, -0.2) is 14.6 Å². The Kier molecular flexibility index (Phi) is 7.67. The number of aromatic nitrogens is 2. The molecule has 2 heterocycles. The van der Waals surface area contributed by atoms with Crippen LogP contribution >= 0.6 is 12.6 Å². The zero-order valence-corrected chi connectivity index (χ0v) is 22.1. The highest BCUT2D eigenvalue weighted by atomic mass is 32.1. The van der Waals surface area contributed by atoms with Gasteiger partial charge in [-0.3, -0.25) is 14.3 Å². The Balaban J connectivity index is 1.71. The third-order valence-corrected chi connectivity index (χ3v) is 7.71. The van der Waals surface area contributed by atoms with Gasteiger partial charge in [0, 0.05) is 23.4 Å². The fourth-order valence-electron chi connectivity index (χ4n) is 5.49. The van der Waals surface area contributed by atoms with Crippen LogP contribution in [0.15, 0.2) is 107 Å². The number of ether oxygens (including phenoxy) is 1. The Labute approximate surface area is 226 Å². The summed E-state index contributed by atoms with van der Waals surface area (Å²) in [5, 5.41) is -0.310. The van der Waals surface area contributed by atoms with Gasteiger partial charge in [-0.2, -0.15) is 12.6 Å². The summed E-state index contributed by atoms with van der Waals surface area (Å²) >= 11 is 4.93. The molecule has 3 aromatic carbocycles. The molecule has 1 saturated heterocycles. The largest absolute Gasteiger partial charge is 0.351 e. The normalized spacial score (nSPS) is 20.3. The van der Waals surface area contributed by atoms with Crippen molar-refractivity contribution >= 4 is 12.6 Å². The molecule has 7 nitrogen and oxygen atoms in total. The van der Waals surface area contributed by atoms with E-state index in [4.69, 9.17) is 27.1 Å². The lowest BCUT2D eigenvalue weighted by molar-refractivity contribution is -0.331. The molecule has 4 atom stereocenters. The van der Waals surface area contributed by atoms with Gasteiger partial charge in [-0.1, -0.05) is 91.0 Å². The maximum atomic E-state index is 12.7. The molecule has 0 bridgehead atoms. The molecule has 1 unspecified atom stereocenters. The van der Waals surface area contributed by atoms with Crippen molar-refractivity contribution in [3.63, 3.8) is 0 Å². The highest BCUT2D eigenvalue weighted by molar-refractivity contribution is 7.81. The van der Waals surface area contributed by atoms with Crippen LogP contribution in [0.5, 0.6) is 0 Å². The first-order chi connectivity index (χ1) is 18.5. The van der Waals surface area contributed by atoms with Gasteiger partial charge in [-0.05, 0) is 23.6 Å². The van der Waals surface area contributed by atoms with Gasteiger partial charge >= 0.3 is 5.69 Å². The number of hydrogen-bond acceptors (Lipinski definition) is 6. The maximum Gasteiger partial charge on any atom is 0.330 e. The average molecular weight is 531 g/mol. The summed E-state index contributed by atoms with van der Waals surface area (Å²) in [4.78, 5) is 38.6. The number of aromatic amines is 1. The third-order valence-electron chi connectivity index (χ3n) is 7.21. The molecular weight excluding hydrogens is 500 g/mol. The van der Waals surface area contributed by atoms with Crippen LogP contribution in [-0.2, 0) is 19.9 Å². The van der Waals surface area contributed by atoms with Crippen molar-refractivity contribution in [3.05, 3.63) is 140 Å². The lowest BCUT2D eigenvalue weighted by atomic mass is 9.64. The van der Waals surface area contributed by atoms with E-state index in [-0.39, 0.29) is 5.25 Å². The Morgan fingerprint density at radius 2 is 1.42 bits per heavy atom. The second-order valence-electron chi connectivity index (χ2n) is 9.43. The van der Waals surface area contributed by atoms with E-state index in [0.29, 0.717) is 12.0 Å². The predicted molar refractivity (Wildman–Crippen MR) is 148 cm³/mol. The molecule has 1 aliphatic rings. The minimum atomic E-state index is -0.855. The first kappa shape index (κ1) is 26.2. The third kappa shape index (κ3) is 4.65. The fraction of sp³-hybridized carbons (Fsp3) is 0.267. The van der Waals surface area contributed by atoms with Gasteiger partial charge in [0.05, 0.1) is 12.5 Å². The summed E-state index contributed by atoms with van der Waals surface area (Å²) in [6.07, 6.45) is 0.0139. The van der Waals surface area contributed by atoms with Gasteiger partial charge in [0.1, 0.15) is 18.4 Å². The van der Waals surface area contributed by atoms with Crippen molar-refractivity contribution in [2.45, 2.75) is 42.4 Å². The number of hydrogen-bond donors (Lipinski definition) is 2. The van der Waals surface area contributed by atoms with Crippen LogP contribution in [-0.4, -0.2) is 34.1 Å². The molecule has 0 radical (unpaired) electrons. The van der Waals surface area contributed by atoms with Crippen molar-refractivity contribution in [2.24, 2.45) is 0 Å². The Morgan fingerprint density at radius 3 is 1.89 bits per heavy atom. The highest BCUT2D eigenvalue weighted by Gasteiger charge is 2.54. The summed E-state index contributed by atoms with van der Waals surface area (Å²) in [5.41, 5.74) is 1.59. The SMILES string of the molecule is COOC([C@H]1O[C@@H](n2cc(C)c(=O)[nH]c2=O)C[C@@H]1S)C(c1ccccc1)(c1ccccc1)c1ccccc1. The molecule has 5 rings (SSSR count). The summed E-state index contributed by atoms with van der Waals surface area (Å²) in [5.74, 6) is 0. The van der Waals surface area contributed by atoms with Gasteiger partial charge in [0.15, 0.2) is 0 Å². The molecule has 0 amide bonds. The van der Waals surface area contributed by atoms with Crippen LogP contribution in [0.25, 0.3) is 0 Å². The fourth-order valence-corrected chi connectivity index (χ4v) is 5.90. The van der Waals surface area contributed by atoms with E-state index < -0.39 is 35.1 Å². The smallest absolute Gasteiger partial charge is 0.330 e. The van der Waals surface area contributed by atoms with Crippen molar-refractivity contribution in [3.8, 4) is 0 Å². The van der Waals surface area contributed by atoms with Crippen molar-refractivity contribution in [1.82, 2.24) is 9.55 Å². The van der Waals surface area contributed by atoms with Gasteiger partial charge in [0.2, 0.25) is 0 Å². The number of rotatable bonds is 8. The topological polar surface area (TPSA) is 82.6 Å². The zero-order chi connectivity index (χ0) is 26.7. The number of nitrogens with zero attached hydrogens (tertiary/aromatic N) is 1. The molecule has 8 heteroatoms. The standard InChI is InChI=1S/C30H30N2O5S/c1-20-19-32(29(34)31-28(20)33)25-18-24(38)26(36-25)27(37-35-2)30(21-12-6-3-7-13-21,22-14-8-4-9-15-22)23-16-10-5-11-17-23/h3-17,19,24-27,38H,18H2,1-2H3,(H,31,33,34)/t24-,25+,26-,27?/m0/s1. The minimum absolute atomic E-state index is 0.310. The minimum Gasteiger partial charge on any atom is -0.351 e. The molecule has 1 aliphatic heterocycles. The zero-order valence-electron chi connectivity index (χ0n) is 21.2. The van der Waals surface area contributed by atoms with Crippen LogP contribution in [0.4, 0.5) is 0 Å². The van der Waals surface area contributed by atoms with E-state index in [1.165, 1.54) is 17.9 Å². The van der Waals surface area contributed by atoms with Crippen molar-refractivity contribution < 1.29 is 14.5 Å². The Bertz CT molecular complexity index is 1380.